The molecule has 7 nitrogen and oxygen atoms in total. The van der Waals surface area contributed by atoms with Crippen LogP contribution < -0.4 is 15.4 Å². The first-order chi connectivity index (χ1) is 16.4. The fraction of sp³-hybridized carbons (Fsp3) is 0.346. The lowest BCUT2D eigenvalue weighted by atomic mass is 9.74. The molecule has 4 rings (SSSR count). The van der Waals surface area contributed by atoms with Crippen molar-refractivity contribution in [1.29, 1.82) is 0 Å². The number of anilines is 2. The predicted octanol–water partition coefficient (Wildman–Crippen LogP) is 6.15. The lowest BCUT2D eigenvalue weighted by Gasteiger charge is -2.32. The monoisotopic (exact) mass is 479 g/mol. The highest BCUT2D eigenvalue weighted by atomic mass is 32.1. The molecule has 0 bridgehead atoms. The van der Waals surface area contributed by atoms with Gasteiger partial charge in [-0.3, -0.25) is 4.79 Å². The molecular formula is C26H29N3O4S. The van der Waals surface area contributed by atoms with Gasteiger partial charge in [-0.15, -0.1) is 11.3 Å². The summed E-state index contributed by atoms with van der Waals surface area (Å²) in [6.45, 7) is 1.91. The average molecular weight is 480 g/mol. The number of thiazole rings is 1. The van der Waals surface area contributed by atoms with Crippen LogP contribution in [0, 0.1) is 6.92 Å². The van der Waals surface area contributed by atoms with Gasteiger partial charge in [-0.2, -0.15) is 0 Å². The Hall–Kier alpha value is -3.39. The molecule has 0 atom stereocenters. The van der Waals surface area contributed by atoms with Crippen molar-refractivity contribution in [3.05, 3.63) is 59.2 Å². The zero-order valence-corrected chi connectivity index (χ0v) is 20.5. The Morgan fingerprint density at radius 2 is 1.74 bits per heavy atom. The summed E-state index contributed by atoms with van der Waals surface area (Å²) in [5, 5.41) is 6.54. The second-order valence-electron chi connectivity index (χ2n) is 8.50. The minimum absolute atomic E-state index is 0.189. The predicted molar refractivity (Wildman–Crippen MR) is 135 cm³/mol. The Balaban J connectivity index is 1.44. The van der Waals surface area contributed by atoms with Crippen molar-refractivity contribution in [2.75, 3.05) is 24.9 Å². The molecule has 8 heteroatoms. The van der Waals surface area contributed by atoms with Crippen LogP contribution in [0.1, 0.15) is 42.7 Å². The molecule has 0 spiro atoms. The van der Waals surface area contributed by atoms with E-state index in [2.05, 4.69) is 15.6 Å². The topological polar surface area (TPSA) is 89.5 Å². The number of rotatable bonds is 6. The number of carbonyl (C=O) groups is 2. The van der Waals surface area contributed by atoms with Gasteiger partial charge < -0.3 is 20.1 Å². The molecule has 0 radical (unpaired) electrons. The Bertz CT molecular complexity index is 1170. The highest BCUT2D eigenvalue weighted by Gasteiger charge is 2.44. The zero-order chi connectivity index (χ0) is 24.1. The van der Waals surface area contributed by atoms with Gasteiger partial charge in [-0.1, -0.05) is 31.4 Å². The SMILES string of the molecule is COC(=O)C1(c2ncc(-c3ccc(NC(=O)Nc4ccc(OC)cc4C)cc3)s2)CCCCC1. The lowest BCUT2D eigenvalue weighted by molar-refractivity contribution is -0.149. The number of amides is 2. The minimum atomic E-state index is -0.630. The van der Waals surface area contributed by atoms with Crippen molar-refractivity contribution in [3.8, 4) is 16.2 Å². The first kappa shape index (κ1) is 23.8. The number of ether oxygens (including phenoxy) is 2. The summed E-state index contributed by atoms with van der Waals surface area (Å²) in [4.78, 5) is 30.7. The zero-order valence-electron chi connectivity index (χ0n) is 19.6. The van der Waals surface area contributed by atoms with E-state index in [9.17, 15) is 9.59 Å². The molecule has 34 heavy (non-hydrogen) atoms. The third-order valence-electron chi connectivity index (χ3n) is 6.31. The maximum Gasteiger partial charge on any atom is 0.323 e. The molecule has 2 amide bonds. The smallest absolute Gasteiger partial charge is 0.323 e. The first-order valence-electron chi connectivity index (χ1n) is 11.3. The van der Waals surface area contributed by atoms with Crippen molar-refractivity contribution in [3.63, 3.8) is 0 Å². The van der Waals surface area contributed by atoms with Crippen molar-refractivity contribution in [2.45, 2.75) is 44.4 Å². The van der Waals surface area contributed by atoms with Gasteiger partial charge in [-0.25, -0.2) is 9.78 Å². The lowest BCUT2D eigenvalue weighted by Crippen LogP contribution is -2.38. The molecule has 0 saturated heterocycles. The van der Waals surface area contributed by atoms with Crippen LogP contribution in [-0.4, -0.2) is 31.2 Å². The van der Waals surface area contributed by atoms with Crippen molar-refractivity contribution in [1.82, 2.24) is 4.98 Å². The summed E-state index contributed by atoms with van der Waals surface area (Å²) in [5.41, 5.74) is 2.66. The fourth-order valence-corrected chi connectivity index (χ4v) is 5.55. The van der Waals surface area contributed by atoms with Crippen molar-refractivity contribution in [2.24, 2.45) is 0 Å². The van der Waals surface area contributed by atoms with Crippen LogP contribution in [0.15, 0.2) is 48.7 Å². The van der Waals surface area contributed by atoms with E-state index in [0.29, 0.717) is 11.4 Å². The van der Waals surface area contributed by atoms with E-state index in [1.807, 2.05) is 49.5 Å². The van der Waals surface area contributed by atoms with Gasteiger partial charge in [0.2, 0.25) is 0 Å². The molecular weight excluding hydrogens is 450 g/mol. The number of benzene rings is 2. The molecule has 1 aliphatic carbocycles. The van der Waals surface area contributed by atoms with Gasteiger partial charge in [0, 0.05) is 17.6 Å². The molecule has 1 saturated carbocycles. The Morgan fingerprint density at radius 3 is 2.38 bits per heavy atom. The summed E-state index contributed by atoms with van der Waals surface area (Å²) < 4.78 is 10.4. The van der Waals surface area contributed by atoms with Gasteiger partial charge in [-0.05, 0) is 61.2 Å². The van der Waals surface area contributed by atoms with Crippen LogP contribution >= 0.6 is 11.3 Å². The molecule has 2 N–H and O–H groups in total. The molecule has 2 aromatic carbocycles. The van der Waals surface area contributed by atoms with Gasteiger partial charge in [0.25, 0.3) is 0 Å². The van der Waals surface area contributed by atoms with E-state index in [-0.39, 0.29) is 12.0 Å². The molecule has 1 fully saturated rings. The van der Waals surface area contributed by atoms with Crippen LogP contribution in [0.3, 0.4) is 0 Å². The normalized spacial score (nSPS) is 14.8. The largest absolute Gasteiger partial charge is 0.497 e. The molecule has 1 aromatic heterocycles. The molecule has 0 unspecified atom stereocenters. The van der Waals surface area contributed by atoms with Crippen LogP contribution in [0.4, 0.5) is 16.2 Å². The van der Waals surface area contributed by atoms with Gasteiger partial charge in [0.1, 0.15) is 16.2 Å². The van der Waals surface area contributed by atoms with E-state index >= 15 is 0 Å². The Labute approximate surface area is 203 Å². The number of hydrogen-bond acceptors (Lipinski definition) is 6. The number of carbonyl (C=O) groups excluding carboxylic acids is 2. The van der Waals surface area contributed by atoms with Gasteiger partial charge >= 0.3 is 12.0 Å². The van der Waals surface area contributed by atoms with E-state index in [1.165, 1.54) is 18.4 Å². The maximum absolute atomic E-state index is 12.7. The van der Waals surface area contributed by atoms with Gasteiger partial charge in [0.15, 0.2) is 0 Å². The summed E-state index contributed by atoms with van der Waals surface area (Å²) in [6.07, 6.45) is 6.51. The third-order valence-corrected chi connectivity index (χ3v) is 7.56. The van der Waals surface area contributed by atoms with Crippen LogP contribution in [-0.2, 0) is 14.9 Å². The van der Waals surface area contributed by atoms with Gasteiger partial charge in [0.05, 0.1) is 19.1 Å². The summed E-state index contributed by atoms with van der Waals surface area (Å²) in [5.74, 6) is 0.553. The summed E-state index contributed by atoms with van der Waals surface area (Å²) in [7, 11) is 3.06. The maximum atomic E-state index is 12.7. The minimum Gasteiger partial charge on any atom is -0.497 e. The van der Waals surface area contributed by atoms with Crippen molar-refractivity contribution >= 4 is 34.7 Å². The second-order valence-corrected chi connectivity index (χ2v) is 9.53. The molecule has 178 valence electrons. The second kappa shape index (κ2) is 10.3. The number of esters is 1. The number of methoxy groups -OCH3 is 2. The van der Waals surface area contributed by atoms with E-state index < -0.39 is 5.41 Å². The fourth-order valence-electron chi connectivity index (χ4n) is 4.39. The summed E-state index contributed by atoms with van der Waals surface area (Å²) >= 11 is 1.54. The highest BCUT2D eigenvalue weighted by molar-refractivity contribution is 7.15. The molecule has 0 aliphatic heterocycles. The number of nitrogens with zero attached hydrogens (tertiary/aromatic N) is 1. The van der Waals surface area contributed by atoms with Crippen molar-refractivity contribution < 1.29 is 19.1 Å². The third kappa shape index (κ3) is 4.92. The van der Waals surface area contributed by atoms with Crippen LogP contribution in [0.5, 0.6) is 5.75 Å². The Kier molecular flexibility index (Phi) is 7.17. The quantitative estimate of drug-likeness (QED) is 0.414. The van der Waals surface area contributed by atoms with E-state index in [0.717, 1.165) is 58.9 Å². The Morgan fingerprint density at radius 1 is 1.00 bits per heavy atom. The summed E-state index contributed by atoms with van der Waals surface area (Å²) in [6, 6.07) is 12.8. The number of urea groups is 1. The average Bonchev–Trinajstić information content (AvgIpc) is 3.36. The van der Waals surface area contributed by atoms with Crippen LogP contribution in [0.2, 0.25) is 0 Å². The number of hydrogen-bond donors (Lipinski definition) is 2. The molecule has 1 aliphatic rings. The standard InChI is InChI=1S/C26H29N3O4S/c1-17-15-20(32-2)11-12-21(17)29-25(31)28-19-9-7-18(8-10-19)22-16-27-23(34-22)26(24(30)33-3)13-5-4-6-14-26/h7-12,15-16H,4-6,13-14H2,1-3H3,(H2,28,29,31). The van der Waals surface area contributed by atoms with E-state index in [1.54, 1.807) is 13.2 Å². The molecule has 1 heterocycles. The molecule has 3 aromatic rings. The number of aromatic nitrogens is 1. The number of nitrogens with one attached hydrogen (secondary N) is 2. The van der Waals surface area contributed by atoms with E-state index in [4.69, 9.17) is 9.47 Å². The number of aryl methyl sites for hydroxylation is 1. The first-order valence-corrected chi connectivity index (χ1v) is 12.1. The van der Waals surface area contributed by atoms with Crippen LogP contribution in [0.25, 0.3) is 10.4 Å². The highest BCUT2D eigenvalue weighted by Crippen LogP contribution is 2.43.